The molecule has 1 rings (SSSR count). The van der Waals surface area contributed by atoms with Gasteiger partial charge in [-0.3, -0.25) is 0 Å². The molecule has 0 atom stereocenters. The molecule has 0 N–H and O–H groups in total. The van der Waals surface area contributed by atoms with Gasteiger partial charge in [-0.1, -0.05) is 32.4 Å². The van der Waals surface area contributed by atoms with Crippen molar-refractivity contribution >= 4 is 0 Å². The van der Waals surface area contributed by atoms with Crippen molar-refractivity contribution in [1.82, 2.24) is 0 Å². The Kier molecular flexibility index (Phi) is 4.51. The summed E-state index contributed by atoms with van der Waals surface area (Å²) in [5.74, 6) is 0. The van der Waals surface area contributed by atoms with Crippen LogP contribution in [0.5, 0.6) is 0 Å². The Morgan fingerprint density at radius 3 is 2.46 bits per heavy atom. The molecule has 13 heavy (non-hydrogen) atoms. The van der Waals surface area contributed by atoms with Crippen LogP contribution in [0.25, 0.3) is 0 Å². The van der Waals surface area contributed by atoms with E-state index in [1.165, 1.54) is 25.7 Å². The van der Waals surface area contributed by atoms with Gasteiger partial charge in [0.05, 0.1) is 0 Å². The first-order valence-corrected chi connectivity index (χ1v) is 5.58. The molecular weight excluding hydrogens is 160 g/mol. The summed E-state index contributed by atoms with van der Waals surface area (Å²) in [6.45, 7) is 6.38. The monoisotopic (exact) mass is 182 g/mol. The minimum Gasteiger partial charge on any atom is -0.381 e. The van der Waals surface area contributed by atoms with E-state index < -0.39 is 0 Å². The van der Waals surface area contributed by atoms with Crippen molar-refractivity contribution in [1.29, 1.82) is 0 Å². The predicted octanol–water partition coefficient (Wildman–Crippen LogP) is 3.55. The standard InChI is InChI=1S/C12H22O/c1-3-5-7-12(6-4-2)8-10-13-11-9-12/h5,7H,3-4,6,8-11H2,1-2H3/b7-5+. The van der Waals surface area contributed by atoms with E-state index in [1.807, 2.05) is 0 Å². The highest BCUT2D eigenvalue weighted by molar-refractivity contribution is 5.00. The van der Waals surface area contributed by atoms with Crippen molar-refractivity contribution in [3.05, 3.63) is 12.2 Å². The maximum atomic E-state index is 5.42. The maximum absolute atomic E-state index is 5.42. The molecule has 1 saturated heterocycles. The second-order valence-corrected chi connectivity index (χ2v) is 4.04. The summed E-state index contributed by atoms with van der Waals surface area (Å²) < 4.78 is 5.42. The zero-order valence-electron chi connectivity index (χ0n) is 9.01. The van der Waals surface area contributed by atoms with E-state index in [0.29, 0.717) is 5.41 Å². The van der Waals surface area contributed by atoms with E-state index in [-0.39, 0.29) is 0 Å². The van der Waals surface area contributed by atoms with Crippen molar-refractivity contribution in [2.75, 3.05) is 13.2 Å². The summed E-state index contributed by atoms with van der Waals surface area (Å²) in [4.78, 5) is 0. The zero-order valence-corrected chi connectivity index (χ0v) is 9.01. The molecule has 1 nitrogen and oxygen atoms in total. The Morgan fingerprint density at radius 1 is 1.23 bits per heavy atom. The lowest BCUT2D eigenvalue weighted by Crippen LogP contribution is -2.27. The highest BCUT2D eigenvalue weighted by Gasteiger charge is 2.28. The minimum absolute atomic E-state index is 0.475. The van der Waals surface area contributed by atoms with Gasteiger partial charge in [0, 0.05) is 13.2 Å². The molecule has 1 aliphatic rings. The molecule has 0 spiro atoms. The summed E-state index contributed by atoms with van der Waals surface area (Å²) >= 11 is 0. The molecule has 76 valence electrons. The number of rotatable bonds is 4. The van der Waals surface area contributed by atoms with Crippen LogP contribution in [0, 0.1) is 5.41 Å². The Labute approximate surface area is 82.2 Å². The summed E-state index contributed by atoms with van der Waals surface area (Å²) in [6.07, 6.45) is 11.0. The van der Waals surface area contributed by atoms with E-state index in [0.717, 1.165) is 19.6 Å². The van der Waals surface area contributed by atoms with Gasteiger partial charge >= 0.3 is 0 Å². The van der Waals surface area contributed by atoms with Crippen molar-refractivity contribution in [3.63, 3.8) is 0 Å². The average Bonchev–Trinajstić information content (AvgIpc) is 2.17. The smallest absolute Gasteiger partial charge is 0.0474 e. The Hall–Kier alpha value is -0.300. The molecule has 1 heterocycles. The molecule has 0 aliphatic carbocycles. The molecular formula is C12H22O. The lowest BCUT2D eigenvalue weighted by atomic mass is 9.76. The predicted molar refractivity (Wildman–Crippen MR) is 56.8 cm³/mol. The number of hydrogen-bond donors (Lipinski definition) is 0. The fourth-order valence-corrected chi connectivity index (χ4v) is 2.14. The third-order valence-corrected chi connectivity index (χ3v) is 2.94. The molecule has 1 heteroatoms. The summed E-state index contributed by atoms with van der Waals surface area (Å²) in [5, 5.41) is 0. The molecule has 0 bridgehead atoms. The molecule has 0 amide bonds. The van der Waals surface area contributed by atoms with Gasteiger partial charge in [0.15, 0.2) is 0 Å². The highest BCUT2D eigenvalue weighted by Crippen LogP contribution is 2.36. The van der Waals surface area contributed by atoms with Gasteiger partial charge in [-0.15, -0.1) is 0 Å². The van der Waals surface area contributed by atoms with Gasteiger partial charge in [0.1, 0.15) is 0 Å². The molecule has 0 aromatic rings. The molecule has 0 radical (unpaired) electrons. The third kappa shape index (κ3) is 3.15. The van der Waals surface area contributed by atoms with Gasteiger partial charge in [-0.05, 0) is 31.1 Å². The lowest BCUT2D eigenvalue weighted by molar-refractivity contribution is 0.0332. The normalized spacial score (nSPS) is 22.3. The van der Waals surface area contributed by atoms with Crippen LogP contribution in [0.15, 0.2) is 12.2 Å². The van der Waals surface area contributed by atoms with Gasteiger partial charge in [0.2, 0.25) is 0 Å². The SMILES string of the molecule is CC/C=C/C1(CCC)CCOCC1. The zero-order chi connectivity index (χ0) is 9.57. The first-order chi connectivity index (χ1) is 6.33. The van der Waals surface area contributed by atoms with E-state index >= 15 is 0 Å². The second kappa shape index (κ2) is 5.43. The summed E-state index contributed by atoms with van der Waals surface area (Å²) in [5.41, 5.74) is 0.475. The van der Waals surface area contributed by atoms with Gasteiger partial charge in [-0.25, -0.2) is 0 Å². The molecule has 1 fully saturated rings. The molecule has 0 saturated carbocycles. The summed E-state index contributed by atoms with van der Waals surface area (Å²) in [7, 11) is 0. The number of ether oxygens (including phenoxy) is 1. The molecule has 0 unspecified atom stereocenters. The van der Waals surface area contributed by atoms with E-state index in [1.54, 1.807) is 0 Å². The second-order valence-electron chi connectivity index (χ2n) is 4.04. The third-order valence-electron chi connectivity index (χ3n) is 2.94. The quantitative estimate of drug-likeness (QED) is 0.604. The van der Waals surface area contributed by atoms with Crippen LogP contribution in [0.1, 0.15) is 46.0 Å². The molecule has 1 aliphatic heterocycles. The van der Waals surface area contributed by atoms with Crippen molar-refractivity contribution in [2.45, 2.75) is 46.0 Å². The highest BCUT2D eigenvalue weighted by atomic mass is 16.5. The Bertz CT molecular complexity index is 149. The summed E-state index contributed by atoms with van der Waals surface area (Å²) in [6, 6.07) is 0. The van der Waals surface area contributed by atoms with Gasteiger partial charge in [0.25, 0.3) is 0 Å². The molecule has 0 aromatic carbocycles. The number of allylic oxidation sites excluding steroid dienone is 2. The van der Waals surface area contributed by atoms with E-state index in [4.69, 9.17) is 4.74 Å². The largest absolute Gasteiger partial charge is 0.381 e. The van der Waals surface area contributed by atoms with Crippen LogP contribution in [0.2, 0.25) is 0 Å². The topological polar surface area (TPSA) is 9.23 Å². The molecule has 0 aromatic heterocycles. The first-order valence-electron chi connectivity index (χ1n) is 5.58. The fraction of sp³-hybridized carbons (Fsp3) is 0.833. The van der Waals surface area contributed by atoms with E-state index in [9.17, 15) is 0 Å². The van der Waals surface area contributed by atoms with Gasteiger partial charge in [-0.2, -0.15) is 0 Å². The number of hydrogen-bond acceptors (Lipinski definition) is 1. The fourth-order valence-electron chi connectivity index (χ4n) is 2.14. The minimum atomic E-state index is 0.475. The van der Waals surface area contributed by atoms with Crippen molar-refractivity contribution in [3.8, 4) is 0 Å². The lowest BCUT2D eigenvalue weighted by Gasteiger charge is -2.34. The maximum Gasteiger partial charge on any atom is 0.0474 e. The van der Waals surface area contributed by atoms with Crippen LogP contribution >= 0.6 is 0 Å². The van der Waals surface area contributed by atoms with Crippen molar-refractivity contribution in [2.24, 2.45) is 5.41 Å². The van der Waals surface area contributed by atoms with Crippen LogP contribution in [-0.2, 0) is 4.74 Å². The van der Waals surface area contributed by atoms with Crippen LogP contribution in [-0.4, -0.2) is 13.2 Å². The Morgan fingerprint density at radius 2 is 1.92 bits per heavy atom. The van der Waals surface area contributed by atoms with Crippen LogP contribution in [0.3, 0.4) is 0 Å². The van der Waals surface area contributed by atoms with E-state index in [2.05, 4.69) is 26.0 Å². The first kappa shape index (κ1) is 10.8. The van der Waals surface area contributed by atoms with Crippen LogP contribution in [0.4, 0.5) is 0 Å². The van der Waals surface area contributed by atoms with Crippen LogP contribution < -0.4 is 0 Å². The Balaban J connectivity index is 2.55. The van der Waals surface area contributed by atoms with Crippen molar-refractivity contribution < 1.29 is 4.74 Å². The average molecular weight is 182 g/mol. The van der Waals surface area contributed by atoms with Gasteiger partial charge < -0.3 is 4.74 Å².